The van der Waals surface area contributed by atoms with Crippen LogP contribution in [-0.2, 0) is 14.2 Å². The molecule has 2 aliphatic rings. The highest BCUT2D eigenvalue weighted by atomic mass is 16.7. The van der Waals surface area contributed by atoms with Gasteiger partial charge in [-0.2, -0.15) is 0 Å². The van der Waals surface area contributed by atoms with Gasteiger partial charge in [-0.3, -0.25) is 0 Å². The number of phenolic OH excluding ortho intramolecular Hbond substituents is 4. The minimum Gasteiger partial charge on any atom is -0.507 e. The van der Waals surface area contributed by atoms with E-state index in [1.165, 1.54) is 24.3 Å². The third kappa shape index (κ3) is 5.67. The number of hydrogen-bond donors (Lipinski definition) is 10. The molecule has 15 heteroatoms. The summed E-state index contributed by atoms with van der Waals surface area (Å²) in [5.41, 5.74) is 0.164. The second-order valence-corrected chi connectivity index (χ2v) is 9.74. The second kappa shape index (κ2) is 11.4. The molecule has 3 heterocycles. The first-order valence-electron chi connectivity index (χ1n) is 12.4. The van der Waals surface area contributed by atoms with Crippen molar-refractivity contribution in [2.75, 3.05) is 13.2 Å². The van der Waals surface area contributed by atoms with Crippen LogP contribution in [0.4, 0.5) is 0 Å². The van der Waals surface area contributed by atoms with Gasteiger partial charge >= 0.3 is 11.3 Å². The van der Waals surface area contributed by atoms with E-state index in [2.05, 4.69) is 0 Å². The summed E-state index contributed by atoms with van der Waals surface area (Å²) in [7, 11) is 0. The standard InChI is InChI=1S/C26H28O15/c27-10-4-13(29)11-6-17(24(39-16(11)5-10)9-1-2-12(28)14(30)3-9)40-26-23(36)21(34)20(33)18(41-26)8-38-25-22(35)19(32)15(31)7-37-25/h1-6,15,18-23,25-26,31-36H,7-8H2,(H3-,27,28,29,30)/p+1/t15-,18-,19+,20-,21+,22-,23-,25+,26-/m1/s1. The number of rotatable bonds is 6. The van der Waals surface area contributed by atoms with E-state index < -0.39 is 73.4 Å². The number of fused-ring (bicyclic) bond motifs is 1. The topological polar surface area (TPSA) is 251 Å². The van der Waals surface area contributed by atoms with Crippen molar-refractivity contribution in [3.8, 4) is 40.1 Å². The van der Waals surface area contributed by atoms with Gasteiger partial charge in [-0.25, -0.2) is 4.42 Å². The van der Waals surface area contributed by atoms with Crippen LogP contribution in [0.5, 0.6) is 28.7 Å². The van der Waals surface area contributed by atoms with Crippen molar-refractivity contribution >= 4 is 11.0 Å². The van der Waals surface area contributed by atoms with E-state index in [9.17, 15) is 51.1 Å². The molecule has 0 bridgehead atoms. The number of phenols is 4. The summed E-state index contributed by atoms with van der Waals surface area (Å²) < 4.78 is 27.9. The predicted molar refractivity (Wildman–Crippen MR) is 134 cm³/mol. The molecule has 2 aliphatic heterocycles. The lowest BCUT2D eigenvalue weighted by atomic mass is 9.99. The molecular formula is C26H29O15+. The molecule has 10 N–H and O–H groups in total. The van der Waals surface area contributed by atoms with Crippen molar-refractivity contribution < 1.29 is 74.4 Å². The maximum Gasteiger partial charge on any atom is 0.402 e. The Kier molecular flexibility index (Phi) is 8.06. The Balaban J connectivity index is 1.44. The monoisotopic (exact) mass is 581 g/mol. The van der Waals surface area contributed by atoms with Gasteiger partial charge in [0.05, 0.1) is 24.8 Å². The van der Waals surface area contributed by atoms with Gasteiger partial charge in [-0.1, -0.05) is 0 Å². The largest absolute Gasteiger partial charge is 0.507 e. The lowest BCUT2D eigenvalue weighted by Crippen LogP contribution is -2.61. The molecule has 2 aromatic carbocycles. The van der Waals surface area contributed by atoms with Crippen LogP contribution >= 0.6 is 0 Å². The van der Waals surface area contributed by atoms with E-state index in [0.29, 0.717) is 0 Å². The van der Waals surface area contributed by atoms with Crippen molar-refractivity contribution in [1.82, 2.24) is 0 Å². The summed E-state index contributed by atoms with van der Waals surface area (Å²) in [6.45, 7) is -0.855. The Bertz CT molecular complexity index is 1400. The number of aromatic hydroxyl groups is 4. The summed E-state index contributed by atoms with van der Waals surface area (Å²) in [6.07, 6.45) is -14.3. The summed E-state index contributed by atoms with van der Waals surface area (Å²) in [5, 5.41) is 101. The molecule has 2 fully saturated rings. The van der Waals surface area contributed by atoms with E-state index in [-0.39, 0.29) is 46.1 Å². The second-order valence-electron chi connectivity index (χ2n) is 9.74. The number of hydrogen-bond acceptors (Lipinski definition) is 14. The fourth-order valence-electron chi connectivity index (χ4n) is 4.53. The molecule has 9 atom stereocenters. The van der Waals surface area contributed by atoms with Gasteiger partial charge in [0.2, 0.25) is 12.0 Å². The highest BCUT2D eigenvalue weighted by Crippen LogP contribution is 2.42. The maximum absolute atomic E-state index is 10.6. The van der Waals surface area contributed by atoms with E-state index in [1.807, 2.05) is 0 Å². The molecule has 0 radical (unpaired) electrons. The van der Waals surface area contributed by atoms with Gasteiger partial charge in [0.25, 0.3) is 0 Å². The van der Waals surface area contributed by atoms with Gasteiger partial charge in [-0.05, 0) is 12.1 Å². The Morgan fingerprint density at radius 2 is 1.49 bits per heavy atom. The summed E-state index contributed by atoms with van der Waals surface area (Å²) in [6, 6.07) is 7.22. The highest BCUT2D eigenvalue weighted by molar-refractivity contribution is 5.88. The molecule has 1 aromatic heterocycles. The third-order valence-corrected chi connectivity index (χ3v) is 6.84. The van der Waals surface area contributed by atoms with E-state index in [0.717, 1.165) is 12.1 Å². The third-order valence-electron chi connectivity index (χ3n) is 6.84. The van der Waals surface area contributed by atoms with Crippen LogP contribution in [0.1, 0.15) is 0 Å². The summed E-state index contributed by atoms with van der Waals surface area (Å²) in [5.74, 6) is -1.91. The molecule has 222 valence electrons. The smallest absolute Gasteiger partial charge is 0.402 e. The van der Waals surface area contributed by atoms with Crippen molar-refractivity contribution in [3.05, 3.63) is 36.4 Å². The first-order chi connectivity index (χ1) is 19.4. The van der Waals surface area contributed by atoms with Crippen LogP contribution in [-0.4, -0.2) is 120 Å². The molecule has 0 aliphatic carbocycles. The number of aliphatic hydroxyl groups excluding tert-OH is 6. The summed E-state index contributed by atoms with van der Waals surface area (Å²) in [4.78, 5) is 0. The lowest BCUT2D eigenvalue weighted by molar-refractivity contribution is -0.307. The molecule has 2 saturated heterocycles. The molecular weight excluding hydrogens is 552 g/mol. The Morgan fingerprint density at radius 1 is 0.756 bits per heavy atom. The molecule has 3 aromatic rings. The number of benzene rings is 2. The minimum atomic E-state index is -1.82. The van der Waals surface area contributed by atoms with Gasteiger partial charge in [0.1, 0.15) is 59.6 Å². The summed E-state index contributed by atoms with van der Waals surface area (Å²) >= 11 is 0. The van der Waals surface area contributed by atoms with Gasteiger partial charge < -0.3 is 70.0 Å². The zero-order valence-corrected chi connectivity index (χ0v) is 21.1. The van der Waals surface area contributed by atoms with Gasteiger partial charge in [-0.15, -0.1) is 0 Å². The van der Waals surface area contributed by atoms with Crippen molar-refractivity contribution in [3.63, 3.8) is 0 Å². The van der Waals surface area contributed by atoms with Crippen LogP contribution in [0.3, 0.4) is 0 Å². The fourth-order valence-corrected chi connectivity index (χ4v) is 4.53. The van der Waals surface area contributed by atoms with Crippen LogP contribution < -0.4 is 4.74 Å². The first-order valence-corrected chi connectivity index (χ1v) is 12.4. The Labute approximate surface area is 230 Å². The van der Waals surface area contributed by atoms with Crippen LogP contribution in [0.15, 0.2) is 40.8 Å². The molecule has 0 spiro atoms. The zero-order valence-electron chi connectivity index (χ0n) is 21.1. The molecule has 0 saturated carbocycles. The lowest BCUT2D eigenvalue weighted by Gasteiger charge is -2.41. The van der Waals surface area contributed by atoms with E-state index in [4.69, 9.17) is 23.4 Å². The average Bonchev–Trinajstić information content (AvgIpc) is 2.93. The molecule has 41 heavy (non-hydrogen) atoms. The molecule has 0 unspecified atom stereocenters. The SMILES string of the molecule is Oc1cc(O)c2cc(O[C@@H]3O[C@H](CO[C@@H]4OC[C@@H](O)[C@H](O)[C@H]4O)[C@@H](O)[C@H](O)[C@H]3O)c(-c3ccc(O)c(O)c3)[o+]c2c1. The van der Waals surface area contributed by atoms with Crippen molar-refractivity contribution in [1.29, 1.82) is 0 Å². The van der Waals surface area contributed by atoms with Crippen molar-refractivity contribution in [2.24, 2.45) is 0 Å². The normalized spacial score (nSPS) is 32.2. The van der Waals surface area contributed by atoms with Gasteiger partial charge in [0.15, 0.2) is 17.8 Å². The Hall–Kier alpha value is -3.51. The molecule has 0 amide bonds. The zero-order chi connectivity index (χ0) is 29.6. The molecule has 15 nitrogen and oxygen atoms in total. The highest BCUT2D eigenvalue weighted by Gasteiger charge is 2.47. The van der Waals surface area contributed by atoms with E-state index >= 15 is 0 Å². The van der Waals surface area contributed by atoms with Crippen LogP contribution in [0, 0.1) is 0 Å². The maximum atomic E-state index is 10.6. The first kappa shape index (κ1) is 29.0. The van der Waals surface area contributed by atoms with Crippen molar-refractivity contribution in [2.45, 2.75) is 55.3 Å². The average molecular weight is 582 g/mol. The fraction of sp³-hybridized carbons (Fsp3) is 0.423. The number of aliphatic hydroxyl groups is 6. The van der Waals surface area contributed by atoms with Crippen LogP contribution in [0.25, 0.3) is 22.3 Å². The molecule has 5 rings (SSSR count). The van der Waals surface area contributed by atoms with E-state index in [1.54, 1.807) is 0 Å². The number of ether oxygens (including phenoxy) is 4. The quantitative estimate of drug-likeness (QED) is 0.122. The predicted octanol–water partition coefficient (Wildman–Crippen LogP) is -1.15. The Morgan fingerprint density at radius 3 is 2.22 bits per heavy atom. The van der Waals surface area contributed by atoms with Crippen LogP contribution in [0.2, 0.25) is 0 Å². The minimum absolute atomic E-state index is 0.00241. The van der Waals surface area contributed by atoms with Gasteiger partial charge in [0, 0.05) is 18.2 Å².